The van der Waals surface area contributed by atoms with Crippen molar-refractivity contribution in [2.75, 3.05) is 25.0 Å². The van der Waals surface area contributed by atoms with Crippen molar-refractivity contribution in [2.24, 2.45) is 5.92 Å². The Morgan fingerprint density at radius 3 is 2.76 bits per heavy atom. The van der Waals surface area contributed by atoms with E-state index in [1.807, 2.05) is 4.90 Å². The lowest BCUT2D eigenvalue weighted by molar-refractivity contribution is 0.0475. The van der Waals surface area contributed by atoms with E-state index in [1.165, 1.54) is 6.26 Å². The van der Waals surface area contributed by atoms with Gasteiger partial charge >= 0.3 is 0 Å². The number of rotatable bonds is 5. The van der Waals surface area contributed by atoms with Crippen molar-refractivity contribution >= 4 is 11.7 Å². The Labute approximate surface area is 147 Å². The summed E-state index contributed by atoms with van der Waals surface area (Å²) in [6.45, 7) is 5.78. The lowest BCUT2D eigenvalue weighted by Gasteiger charge is -2.30. The van der Waals surface area contributed by atoms with Crippen LogP contribution in [0, 0.1) is 5.92 Å². The van der Waals surface area contributed by atoms with E-state index in [0.717, 1.165) is 25.9 Å². The number of amides is 1. The molecule has 2 aromatic heterocycles. The molecule has 2 N–H and O–H groups in total. The van der Waals surface area contributed by atoms with Gasteiger partial charge in [0.2, 0.25) is 0 Å². The van der Waals surface area contributed by atoms with E-state index in [4.69, 9.17) is 4.42 Å². The number of anilines is 1. The number of aromatic nitrogens is 1. The maximum absolute atomic E-state index is 12.5. The van der Waals surface area contributed by atoms with Gasteiger partial charge in [0.05, 0.1) is 18.4 Å². The number of carbonyl (C=O) groups is 1. The van der Waals surface area contributed by atoms with Gasteiger partial charge in [0.25, 0.3) is 5.91 Å². The molecule has 1 atom stereocenters. The van der Waals surface area contributed by atoms with Gasteiger partial charge in [-0.15, -0.1) is 0 Å². The third-order valence-electron chi connectivity index (χ3n) is 4.75. The van der Waals surface area contributed by atoms with Crippen molar-refractivity contribution in [3.05, 3.63) is 48.0 Å². The molecule has 0 bridgehead atoms. The summed E-state index contributed by atoms with van der Waals surface area (Å²) in [4.78, 5) is 18.7. The summed E-state index contributed by atoms with van der Waals surface area (Å²) in [6, 6.07) is 7.01. The summed E-state index contributed by atoms with van der Waals surface area (Å²) < 4.78 is 5.25. The molecule has 1 amide bonds. The fourth-order valence-electron chi connectivity index (χ4n) is 2.95. The molecule has 0 saturated carbocycles. The predicted molar refractivity (Wildman–Crippen MR) is 95.3 cm³/mol. The van der Waals surface area contributed by atoms with Crippen LogP contribution in [0.4, 0.5) is 5.82 Å². The highest BCUT2D eigenvalue weighted by Gasteiger charge is 2.26. The average Bonchev–Trinajstić information content (AvgIpc) is 3.16. The van der Waals surface area contributed by atoms with E-state index in [1.54, 1.807) is 37.4 Å². The number of aliphatic hydroxyl groups is 1. The molecule has 0 spiro atoms. The molecule has 3 rings (SSSR count). The number of pyridine rings is 1. The topological polar surface area (TPSA) is 78.6 Å². The van der Waals surface area contributed by atoms with Crippen molar-refractivity contribution in [1.29, 1.82) is 0 Å². The molecule has 1 aliphatic rings. The van der Waals surface area contributed by atoms with Gasteiger partial charge in [0, 0.05) is 19.3 Å². The molecule has 1 unspecified atom stereocenters. The first-order valence-corrected chi connectivity index (χ1v) is 8.71. The van der Waals surface area contributed by atoms with Crippen LogP contribution in [0.15, 0.2) is 41.1 Å². The fourth-order valence-corrected chi connectivity index (χ4v) is 2.95. The van der Waals surface area contributed by atoms with Crippen LogP contribution in [0.2, 0.25) is 0 Å². The molecule has 6 nitrogen and oxygen atoms in total. The normalized spacial score (nSPS) is 18.0. The number of hydrogen-bond donors (Lipinski definition) is 2. The van der Waals surface area contributed by atoms with Gasteiger partial charge in [-0.3, -0.25) is 4.79 Å². The maximum Gasteiger partial charge on any atom is 0.255 e. The Balaban J connectivity index is 1.58. The van der Waals surface area contributed by atoms with E-state index >= 15 is 0 Å². The Morgan fingerprint density at radius 1 is 1.40 bits per heavy atom. The molecule has 6 heteroatoms. The van der Waals surface area contributed by atoms with Crippen LogP contribution in [-0.2, 0) is 5.60 Å². The summed E-state index contributed by atoms with van der Waals surface area (Å²) >= 11 is 0. The van der Waals surface area contributed by atoms with Crippen LogP contribution >= 0.6 is 0 Å². The highest BCUT2D eigenvalue weighted by molar-refractivity contribution is 5.94. The Hall–Kier alpha value is -2.34. The van der Waals surface area contributed by atoms with Crippen molar-refractivity contribution in [1.82, 2.24) is 9.88 Å². The summed E-state index contributed by atoms with van der Waals surface area (Å²) in [6.07, 6.45) is 5.23. The Morgan fingerprint density at radius 2 is 2.16 bits per heavy atom. The second kappa shape index (κ2) is 7.27. The largest absolute Gasteiger partial charge is 0.466 e. The Bertz CT molecular complexity index is 687. The number of likely N-dealkylation sites (tertiary alicyclic amines) is 1. The highest BCUT2D eigenvalue weighted by atomic mass is 16.4. The van der Waals surface area contributed by atoms with Crippen LogP contribution in [0.5, 0.6) is 0 Å². The van der Waals surface area contributed by atoms with Crippen molar-refractivity contribution in [3.63, 3.8) is 0 Å². The van der Waals surface area contributed by atoms with E-state index in [0.29, 0.717) is 23.1 Å². The maximum atomic E-state index is 12.5. The molecular weight excluding hydrogens is 318 g/mol. The zero-order chi connectivity index (χ0) is 17.9. The second-order valence-corrected chi connectivity index (χ2v) is 7.01. The molecule has 0 aliphatic carbocycles. The third-order valence-corrected chi connectivity index (χ3v) is 4.75. The van der Waals surface area contributed by atoms with Gasteiger partial charge in [0.15, 0.2) is 0 Å². The molecular formula is C19H25N3O3. The molecule has 0 radical (unpaired) electrons. The monoisotopic (exact) mass is 343 g/mol. The van der Waals surface area contributed by atoms with Gasteiger partial charge in [0.1, 0.15) is 17.2 Å². The number of nitrogens with one attached hydrogen (secondary N) is 1. The van der Waals surface area contributed by atoms with Crippen LogP contribution in [0.1, 0.15) is 42.8 Å². The Kier molecular flexibility index (Phi) is 5.08. The van der Waals surface area contributed by atoms with Crippen molar-refractivity contribution in [2.45, 2.75) is 32.3 Å². The van der Waals surface area contributed by atoms with Crippen molar-refractivity contribution in [3.8, 4) is 0 Å². The first kappa shape index (κ1) is 17.5. The number of furan rings is 1. The lowest BCUT2D eigenvalue weighted by Crippen LogP contribution is -2.37. The molecule has 1 saturated heterocycles. The smallest absolute Gasteiger partial charge is 0.255 e. The SMILES string of the molecule is CC1CCN(C(=O)c2ccc(NCC(C)(O)c3ccco3)nc2)CC1. The van der Waals surface area contributed by atoms with E-state index in [9.17, 15) is 9.90 Å². The van der Waals surface area contributed by atoms with Gasteiger partial charge in [-0.1, -0.05) is 6.92 Å². The summed E-state index contributed by atoms with van der Waals surface area (Å²) in [7, 11) is 0. The number of piperidine rings is 1. The second-order valence-electron chi connectivity index (χ2n) is 7.01. The van der Waals surface area contributed by atoms with Gasteiger partial charge < -0.3 is 19.7 Å². The predicted octanol–water partition coefficient (Wildman–Crippen LogP) is 2.87. The molecule has 1 aliphatic heterocycles. The minimum Gasteiger partial charge on any atom is -0.466 e. The first-order chi connectivity index (χ1) is 12.0. The van der Waals surface area contributed by atoms with Crippen LogP contribution in [-0.4, -0.2) is 40.5 Å². The molecule has 1 fully saturated rings. The van der Waals surface area contributed by atoms with Gasteiger partial charge in [-0.2, -0.15) is 0 Å². The number of carbonyl (C=O) groups excluding carboxylic acids is 1. The molecule has 3 heterocycles. The molecule has 0 aromatic carbocycles. The van der Waals surface area contributed by atoms with Gasteiger partial charge in [-0.05, 0) is 49.9 Å². The van der Waals surface area contributed by atoms with E-state index < -0.39 is 5.60 Å². The molecule has 25 heavy (non-hydrogen) atoms. The summed E-state index contributed by atoms with van der Waals surface area (Å²) in [5.41, 5.74) is -0.539. The minimum atomic E-state index is -1.13. The zero-order valence-electron chi connectivity index (χ0n) is 14.7. The summed E-state index contributed by atoms with van der Waals surface area (Å²) in [5, 5.41) is 13.5. The standard InChI is InChI=1S/C19H25N3O3/c1-14-7-9-22(10-8-14)18(23)15-5-6-17(20-12-15)21-13-19(2,24)16-4-3-11-25-16/h3-6,11-12,14,24H,7-10,13H2,1-2H3,(H,20,21). The quantitative estimate of drug-likeness (QED) is 0.873. The molecule has 134 valence electrons. The van der Waals surface area contributed by atoms with Crippen LogP contribution < -0.4 is 5.32 Å². The van der Waals surface area contributed by atoms with Gasteiger partial charge in [-0.25, -0.2) is 4.98 Å². The van der Waals surface area contributed by atoms with Crippen molar-refractivity contribution < 1.29 is 14.3 Å². The fraction of sp³-hybridized carbons (Fsp3) is 0.474. The van der Waals surface area contributed by atoms with Crippen LogP contribution in [0.3, 0.4) is 0 Å². The number of hydrogen-bond acceptors (Lipinski definition) is 5. The summed E-state index contributed by atoms with van der Waals surface area (Å²) in [5.74, 6) is 1.83. The van der Waals surface area contributed by atoms with Crippen LogP contribution in [0.25, 0.3) is 0 Å². The zero-order valence-corrected chi connectivity index (χ0v) is 14.7. The van der Waals surface area contributed by atoms with E-state index in [2.05, 4.69) is 17.2 Å². The highest BCUT2D eigenvalue weighted by Crippen LogP contribution is 2.22. The number of nitrogens with zero attached hydrogens (tertiary/aromatic N) is 2. The average molecular weight is 343 g/mol. The first-order valence-electron chi connectivity index (χ1n) is 8.71. The van der Waals surface area contributed by atoms with E-state index in [-0.39, 0.29) is 12.5 Å². The lowest BCUT2D eigenvalue weighted by atomic mass is 9.99. The molecule has 2 aromatic rings. The minimum absolute atomic E-state index is 0.0357. The third kappa shape index (κ3) is 4.20.